The molecule has 48 heavy (non-hydrogen) atoms. The van der Waals surface area contributed by atoms with Crippen LogP contribution in [0.1, 0.15) is 71.5 Å². The summed E-state index contributed by atoms with van der Waals surface area (Å²) in [7, 11) is 3.62. The molecule has 3 aromatic heterocycles. The molecule has 248 valence electrons. The summed E-state index contributed by atoms with van der Waals surface area (Å²) < 4.78 is 10.2. The number of benzene rings is 2. The molecule has 2 saturated carbocycles. The number of carbonyl (C=O) groups excluding carboxylic acids is 2. The number of pyridine rings is 1. The first-order chi connectivity index (χ1) is 23.2. The van der Waals surface area contributed by atoms with E-state index in [2.05, 4.69) is 22.0 Å². The molecule has 11 heteroatoms. The Kier molecular flexibility index (Phi) is 7.68. The van der Waals surface area contributed by atoms with Crippen molar-refractivity contribution in [2.75, 3.05) is 13.7 Å². The lowest BCUT2D eigenvalue weighted by molar-refractivity contribution is 0.0603. The van der Waals surface area contributed by atoms with Crippen LogP contribution in [0.4, 0.5) is 0 Å². The van der Waals surface area contributed by atoms with Crippen LogP contribution in [0, 0.1) is 11.8 Å². The van der Waals surface area contributed by atoms with E-state index in [9.17, 15) is 9.59 Å². The molecule has 0 unspecified atom stereocenters. The summed E-state index contributed by atoms with van der Waals surface area (Å²) in [4.78, 5) is 39.1. The van der Waals surface area contributed by atoms with Gasteiger partial charge in [-0.05, 0) is 93.3 Å². The molecule has 10 nitrogen and oxygen atoms in total. The molecule has 2 bridgehead atoms. The lowest BCUT2D eigenvalue weighted by atomic mass is 9.94. The molecule has 1 aliphatic heterocycles. The first kappa shape index (κ1) is 30.9. The second-order valence-corrected chi connectivity index (χ2v) is 14.2. The summed E-state index contributed by atoms with van der Waals surface area (Å²) in [6.45, 7) is 3.33. The number of ether oxygens (including phenoxy) is 1. The van der Waals surface area contributed by atoms with Crippen molar-refractivity contribution in [2.45, 2.75) is 63.7 Å². The van der Waals surface area contributed by atoms with E-state index in [-0.39, 0.29) is 29.9 Å². The van der Waals surface area contributed by atoms with E-state index in [0.29, 0.717) is 45.8 Å². The number of aromatic nitrogens is 4. The van der Waals surface area contributed by atoms with Gasteiger partial charge in [-0.1, -0.05) is 23.7 Å². The second kappa shape index (κ2) is 11.9. The summed E-state index contributed by atoms with van der Waals surface area (Å²) >= 11 is 6.28. The second-order valence-electron chi connectivity index (χ2n) is 13.8. The maximum Gasteiger partial charge on any atom is 0.254 e. The maximum absolute atomic E-state index is 13.9. The fraction of sp³-hybridized carbons (Fsp3) is 0.405. The molecule has 3 N–H and O–H groups in total. The molecule has 4 atom stereocenters. The molecule has 5 aromatic rings. The van der Waals surface area contributed by atoms with Crippen LogP contribution < -0.4 is 15.8 Å². The van der Waals surface area contributed by atoms with Crippen LogP contribution in [-0.2, 0) is 13.6 Å². The zero-order valence-electron chi connectivity index (χ0n) is 27.4. The number of piperidine rings is 1. The molecule has 2 aromatic carbocycles. The van der Waals surface area contributed by atoms with Gasteiger partial charge in [0.2, 0.25) is 0 Å². The molecule has 8 rings (SSSR count). The molecule has 2 amide bonds. The quantitative estimate of drug-likeness (QED) is 0.207. The topological polar surface area (TPSA) is 120 Å². The van der Waals surface area contributed by atoms with Gasteiger partial charge in [-0.2, -0.15) is 0 Å². The van der Waals surface area contributed by atoms with Crippen LogP contribution in [0.2, 0.25) is 5.02 Å². The minimum atomic E-state index is -0.341. The van der Waals surface area contributed by atoms with E-state index in [1.54, 1.807) is 31.4 Å². The van der Waals surface area contributed by atoms with Gasteiger partial charge in [-0.15, -0.1) is 0 Å². The highest BCUT2D eigenvalue weighted by atomic mass is 35.5. The van der Waals surface area contributed by atoms with Crippen molar-refractivity contribution in [1.82, 2.24) is 29.3 Å². The van der Waals surface area contributed by atoms with Gasteiger partial charge in [0, 0.05) is 43.2 Å². The molecule has 3 fully saturated rings. The first-order valence-electron chi connectivity index (χ1n) is 16.9. The lowest BCUT2D eigenvalue weighted by Gasteiger charge is -2.37. The van der Waals surface area contributed by atoms with Crippen molar-refractivity contribution in [3.8, 4) is 17.3 Å². The number of nitrogens with two attached hydrogens (primary N) is 1. The average Bonchev–Trinajstić information content (AvgIpc) is 3.55. The van der Waals surface area contributed by atoms with Gasteiger partial charge in [-0.25, -0.2) is 9.97 Å². The van der Waals surface area contributed by atoms with Crippen molar-refractivity contribution in [3.63, 3.8) is 0 Å². The normalized spacial score (nSPS) is 21.2. The molecule has 3 aliphatic rings. The molecule has 0 radical (unpaired) electrons. The molecule has 0 spiro atoms. The number of fused-ring (bicyclic) bond motifs is 4. The minimum absolute atomic E-state index is 0.0153. The number of hydrogen-bond donors (Lipinski definition) is 2. The zero-order valence-corrected chi connectivity index (χ0v) is 28.2. The van der Waals surface area contributed by atoms with Crippen LogP contribution in [0.25, 0.3) is 33.6 Å². The Labute approximate surface area is 284 Å². The van der Waals surface area contributed by atoms with Crippen LogP contribution >= 0.6 is 11.6 Å². The van der Waals surface area contributed by atoms with E-state index in [4.69, 9.17) is 32.0 Å². The minimum Gasteiger partial charge on any atom is -0.494 e. The Morgan fingerprint density at radius 1 is 1.08 bits per heavy atom. The van der Waals surface area contributed by atoms with Crippen molar-refractivity contribution in [2.24, 2.45) is 24.6 Å². The third-order valence-corrected chi connectivity index (χ3v) is 10.9. The highest BCUT2D eigenvalue weighted by molar-refractivity contribution is 6.33. The number of carbonyl (C=O) groups is 2. The van der Waals surface area contributed by atoms with Gasteiger partial charge in [0.1, 0.15) is 16.9 Å². The van der Waals surface area contributed by atoms with Crippen LogP contribution in [0.5, 0.6) is 5.75 Å². The van der Waals surface area contributed by atoms with Crippen molar-refractivity contribution >= 4 is 45.5 Å². The lowest BCUT2D eigenvalue weighted by Crippen LogP contribution is -2.51. The number of rotatable bonds is 8. The third kappa shape index (κ3) is 5.31. The molecule has 1 saturated heterocycles. The van der Waals surface area contributed by atoms with Gasteiger partial charge in [0.15, 0.2) is 5.82 Å². The van der Waals surface area contributed by atoms with E-state index in [1.807, 2.05) is 41.6 Å². The Morgan fingerprint density at radius 2 is 1.90 bits per heavy atom. The SMILES string of the molecule is COc1cc(C(=O)N2C[C@H](N)[C@@H]3CC[C@H]2C3)cc2nc(-c3cc4ccc([C@@H](C)NC(=O)c5ccccc5Cl)nc4n3CC3CC3)n(C)c12. The fourth-order valence-corrected chi connectivity index (χ4v) is 7.95. The van der Waals surface area contributed by atoms with Gasteiger partial charge in [0.25, 0.3) is 11.8 Å². The van der Waals surface area contributed by atoms with Crippen LogP contribution in [0.3, 0.4) is 0 Å². The Hall–Kier alpha value is -4.41. The van der Waals surface area contributed by atoms with E-state index in [1.165, 1.54) is 12.8 Å². The van der Waals surface area contributed by atoms with E-state index < -0.39 is 0 Å². The fourth-order valence-electron chi connectivity index (χ4n) is 7.73. The van der Waals surface area contributed by atoms with Crippen molar-refractivity contribution < 1.29 is 14.3 Å². The largest absolute Gasteiger partial charge is 0.494 e. The predicted octanol–water partition coefficient (Wildman–Crippen LogP) is 6.10. The highest BCUT2D eigenvalue weighted by Crippen LogP contribution is 2.40. The zero-order chi connectivity index (χ0) is 33.3. The molecular formula is C37H40ClN7O3. The predicted molar refractivity (Wildman–Crippen MR) is 186 cm³/mol. The van der Waals surface area contributed by atoms with Gasteiger partial charge in [-0.3, -0.25) is 9.59 Å². The van der Waals surface area contributed by atoms with Gasteiger partial charge >= 0.3 is 0 Å². The summed E-state index contributed by atoms with van der Waals surface area (Å²) in [5.41, 5.74) is 11.5. The Bertz CT molecular complexity index is 2080. The number of amides is 2. The standard InChI is InChI=1S/C37H40ClN7O3/c1-20(40-36(46)26-6-4-5-7-27(26)38)29-13-11-23-16-31(45(34(23)41-29)18-21-8-9-21)35-42-30-15-24(17-32(48-3)33(30)43(35)2)37(47)44-19-28(39)22-10-12-25(44)14-22/h4-7,11,13,15-17,20-22,25,28H,8-10,12,14,18-19,39H2,1-3H3,(H,40,46)/t20-,22-,25+,28+/m1/s1. The Morgan fingerprint density at radius 3 is 2.67 bits per heavy atom. The average molecular weight is 666 g/mol. The summed E-state index contributed by atoms with van der Waals surface area (Å²) in [6.07, 6.45) is 5.42. The summed E-state index contributed by atoms with van der Waals surface area (Å²) in [5, 5.41) is 4.45. The maximum atomic E-state index is 13.9. The summed E-state index contributed by atoms with van der Waals surface area (Å²) in [5.74, 6) is 2.20. The highest BCUT2D eigenvalue weighted by Gasteiger charge is 2.41. The van der Waals surface area contributed by atoms with Gasteiger partial charge in [0.05, 0.1) is 40.6 Å². The number of nitrogens with zero attached hydrogens (tertiary/aromatic N) is 5. The smallest absolute Gasteiger partial charge is 0.254 e. The Balaban J connectivity index is 1.16. The number of halogens is 1. The first-order valence-corrected chi connectivity index (χ1v) is 17.2. The number of likely N-dealkylation sites (tertiary alicyclic amines) is 1. The molecule has 4 heterocycles. The van der Waals surface area contributed by atoms with Crippen molar-refractivity contribution in [3.05, 3.63) is 76.4 Å². The van der Waals surface area contributed by atoms with Crippen molar-refractivity contribution in [1.29, 1.82) is 0 Å². The molecule has 2 aliphatic carbocycles. The van der Waals surface area contributed by atoms with E-state index in [0.717, 1.165) is 59.6 Å². The third-order valence-electron chi connectivity index (χ3n) is 10.6. The van der Waals surface area contributed by atoms with Gasteiger partial charge < -0.3 is 29.8 Å². The summed E-state index contributed by atoms with van der Waals surface area (Å²) in [6, 6.07) is 16.8. The number of nitrogens with one attached hydrogen (secondary N) is 1. The monoisotopic (exact) mass is 665 g/mol. The van der Waals surface area contributed by atoms with Crippen LogP contribution in [-0.4, -0.2) is 61.6 Å². The number of methoxy groups -OCH3 is 1. The number of imidazole rings is 1. The van der Waals surface area contributed by atoms with Crippen LogP contribution in [0.15, 0.2) is 54.6 Å². The molecular weight excluding hydrogens is 626 g/mol. The van der Waals surface area contributed by atoms with E-state index >= 15 is 0 Å². The number of hydrogen-bond acceptors (Lipinski definition) is 6. The number of aryl methyl sites for hydroxylation is 1.